The lowest BCUT2D eigenvalue weighted by Crippen LogP contribution is -2.45. The monoisotopic (exact) mass is 324 g/mol. The molecule has 0 saturated carbocycles. The van der Waals surface area contributed by atoms with Crippen LogP contribution in [-0.4, -0.2) is 61.6 Å². The number of ether oxygens (including phenoxy) is 1. The SMILES string of the molecule is CCCN(CCC)CCCC(=O)N1CCC2(CCOCC2)CC1. The van der Waals surface area contributed by atoms with E-state index >= 15 is 0 Å². The van der Waals surface area contributed by atoms with Crippen molar-refractivity contribution in [1.82, 2.24) is 9.80 Å². The van der Waals surface area contributed by atoms with E-state index in [2.05, 4.69) is 23.6 Å². The summed E-state index contributed by atoms with van der Waals surface area (Å²) in [7, 11) is 0. The number of piperidine rings is 1. The Morgan fingerprint density at radius 1 is 1.00 bits per heavy atom. The second-order valence-corrected chi connectivity index (χ2v) is 7.44. The third-order valence-electron chi connectivity index (χ3n) is 5.67. The van der Waals surface area contributed by atoms with Gasteiger partial charge in [-0.1, -0.05) is 13.8 Å². The van der Waals surface area contributed by atoms with E-state index in [-0.39, 0.29) is 0 Å². The van der Waals surface area contributed by atoms with E-state index in [4.69, 9.17) is 4.74 Å². The molecule has 2 aliphatic rings. The maximum atomic E-state index is 12.4. The minimum absolute atomic E-state index is 0.375. The molecule has 2 aliphatic heterocycles. The largest absolute Gasteiger partial charge is 0.381 e. The number of likely N-dealkylation sites (tertiary alicyclic amines) is 1. The maximum Gasteiger partial charge on any atom is 0.222 e. The Morgan fingerprint density at radius 3 is 2.17 bits per heavy atom. The number of nitrogens with zero attached hydrogens (tertiary/aromatic N) is 2. The van der Waals surface area contributed by atoms with Crippen molar-refractivity contribution in [2.45, 2.75) is 65.2 Å². The van der Waals surface area contributed by atoms with Gasteiger partial charge in [0.2, 0.25) is 5.91 Å². The molecular formula is C19H36N2O2. The van der Waals surface area contributed by atoms with Crippen LogP contribution in [-0.2, 0) is 9.53 Å². The van der Waals surface area contributed by atoms with Crippen LogP contribution in [0.2, 0.25) is 0 Å². The van der Waals surface area contributed by atoms with Crippen molar-refractivity contribution in [3.05, 3.63) is 0 Å². The van der Waals surface area contributed by atoms with Gasteiger partial charge in [0.25, 0.3) is 0 Å². The first-order chi connectivity index (χ1) is 11.2. The van der Waals surface area contributed by atoms with Crippen LogP contribution in [0.25, 0.3) is 0 Å². The minimum atomic E-state index is 0.375. The van der Waals surface area contributed by atoms with Gasteiger partial charge in [0.1, 0.15) is 0 Å². The fraction of sp³-hybridized carbons (Fsp3) is 0.947. The minimum Gasteiger partial charge on any atom is -0.381 e. The first-order valence-electron chi connectivity index (χ1n) is 9.77. The van der Waals surface area contributed by atoms with E-state index in [9.17, 15) is 4.79 Å². The normalized spacial score (nSPS) is 21.1. The standard InChI is InChI=1S/C19H36N2O2/c1-3-11-20(12-4-2)13-5-6-18(22)21-14-7-19(8-15-21)9-16-23-17-10-19/h3-17H2,1-2H3. The molecule has 23 heavy (non-hydrogen) atoms. The first-order valence-corrected chi connectivity index (χ1v) is 9.77. The summed E-state index contributed by atoms with van der Waals surface area (Å²) < 4.78 is 5.50. The number of hydrogen-bond acceptors (Lipinski definition) is 3. The highest BCUT2D eigenvalue weighted by atomic mass is 16.5. The van der Waals surface area contributed by atoms with Gasteiger partial charge in [-0.15, -0.1) is 0 Å². The fourth-order valence-corrected chi connectivity index (χ4v) is 4.11. The van der Waals surface area contributed by atoms with Crippen molar-refractivity contribution < 1.29 is 9.53 Å². The van der Waals surface area contributed by atoms with E-state index in [1.807, 2.05) is 0 Å². The molecule has 0 aromatic carbocycles. The van der Waals surface area contributed by atoms with E-state index in [0.29, 0.717) is 11.3 Å². The van der Waals surface area contributed by atoms with Gasteiger partial charge < -0.3 is 14.5 Å². The number of hydrogen-bond donors (Lipinski definition) is 0. The maximum absolute atomic E-state index is 12.4. The molecule has 0 aliphatic carbocycles. The molecule has 2 saturated heterocycles. The number of amides is 1. The van der Waals surface area contributed by atoms with Crippen molar-refractivity contribution in [2.24, 2.45) is 5.41 Å². The van der Waals surface area contributed by atoms with Crippen LogP contribution in [0.3, 0.4) is 0 Å². The van der Waals surface area contributed by atoms with Gasteiger partial charge in [-0.25, -0.2) is 0 Å². The summed E-state index contributed by atoms with van der Waals surface area (Å²) in [4.78, 5) is 17.1. The van der Waals surface area contributed by atoms with Gasteiger partial charge in [-0.3, -0.25) is 4.79 Å². The van der Waals surface area contributed by atoms with Gasteiger partial charge in [0.05, 0.1) is 0 Å². The molecule has 0 aromatic rings. The second-order valence-electron chi connectivity index (χ2n) is 7.44. The lowest BCUT2D eigenvalue weighted by Gasteiger charge is -2.44. The predicted molar refractivity (Wildman–Crippen MR) is 94.6 cm³/mol. The van der Waals surface area contributed by atoms with Crippen molar-refractivity contribution in [1.29, 1.82) is 0 Å². The van der Waals surface area contributed by atoms with Gasteiger partial charge in [0.15, 0.2) is 0 Å². The molecular weight excluding hydrogens is 288 g/mol. The molecule has 4 nitrogen and oxygen atoms in total. The Labute approximate surface area is 142 Å². The first kappa shape index (κ1) is 18.7. The quantitative estimate of drug-likeness (QED) is 0.687. The summed E-state index contributed by atoms with van der Waals surface area (Å²) in [6, 6.07) is 0. The predicted octanol–water partition coefficient (Wildman–Crippen LogP) is 3.31. The molecule has 0 unspecified atom stereocenters. The van der Waals surface area contributed by atoms with E-state index in [0.717, 1.165) is 58.8 Å². The molecule has 2 rings (SSSR count). The van der Waals surface area contributed by atoms with Crippen molar-refractivity contribution in [2.75, 3.05) is 45.9 Å². The van der Waals surface area contributed by atoms with Crippen LogP contribution in [0.15, 0.2) is 0 Å². The Hall–Kier alpha value is -0.610. The van der Waals surface area contributed by atoms with Gasteiger partial charge in [0, 0.05) is 32.7 Å². The Bertz CT molecular complexity index is 337. The van der Waals surface area contributed by atoms with Crippen molar-refractivity contribution in [3.8, 4) is 0 Å². The highest BCUT2D eigenvalue weighted by Crippen LogP contribution is 2.40. The summed E-state index contributed by atoms with van der Waals surface area (Å²) in [5.74, 6) is 0.375. The van der Waals surface area contributed by atoms with Gasteiger partial charge in [-0.05, 0) is 70.0 Å². The van der Waals surface area contributed by atoms with Crippen LogP contribution in [0.5, 0.6) is 0 Å². The van der Waals surface area contributed by atoms with E-state index in [1.165, 1.54) is 38.5 Å². The zero-order valence-electron chi connectivity index (χ0n) is 15.3. The molecule has 0 N–H and O–H groups in total. The summed E-state index contributed by atoms with van der Waals surface area (Å²) in [6.45, 7) is 11.6. The molecule has 0 atom stereocenters. The van der Waals surface area contributed by atoms with E-state index in [1.54, 1.807) is 0 Å². The third-order valence-corrected chi connectivity index (χ3v) is 5.67. The van der Waals surface area contributed by atoms with Crippen LogP contribution in [0, 0.1) is 5.41 Å². The smallest absolute Gasteiger partial charge is 0.222 e. The lowest BCUT2D eigenvalue weighted by molar-refractivity contribution is -0.134. The average molecular weight is 325 g/mol. The summed E-state index contributed by atoms with van der Waals surface area (Å²) in [5.41, 5.74) is 0.480. The Morgan fingerprint density at radius 2 is 1.61 bits per heavy atom. The van der Waals surface area contributed by atoms with Crippen LogP contribution in [0.1, 0.15) is 65.2 Å². The van der Waals surface area contributed by atoms with Crippen molar-refractivity contribution in [3.63, 3.8) is 0 Å². The fourth-order valence-electron chi connectivity index (χ4n) is 4.11. The number of carbonyl (C=O) groups excluding carboxylic acids is 1. The Kier molecular flexibility index (Phi) is 7.84. The number of rotatable bonds is 8. The zero-order chi connectivity index (χ0) is 16.5. The van der Waals surface area contributed by atoms with Crippen LogP contribution < -0.4 is 0 Å². The molecule has 0 aromatic heterocycles. The molecule has 2 fully saturated rings. The topological polar surface area (TPSA) is 32.8 Å². The molecule has 134 valence electrons. The molecule has 0 bridgehead atoms. The molecule has 1 spiro atoms. The number of carbonyl (C=O) groups is 1. The molecule has 4 heteroatoms. The molecule has 2 heterocycles. The van der Waals surface area contributed by atoms with Crippen molar-refractivity contribution >= 4 is 5.91 Å². The second kappa shape index (κ2) is 9.63. The molecule has 0 radical (unpaired) electrons. The summed E-state index contributed by atoms with van der Waals surface area (Å²) in [6.07, 6.45) is 8.88. The highest BCUT2D eigenvalue weighted by molar-refractivity contribution is 5.76. The lowest BCUT2D eigenvalue weighted by atomic mass is 9.72. The summed E-state index contributed by atoms with van der Waals surface area (Å²) >= 11 is 0. The van der Waals surface area contributed by atoms with Crippen LogP contribution >= 0.6 is 0 Å². The summed E-state index contributed by atoms with van der Waals surface area (Å²) in [5, 5.41) is 0. The highest BCUT2D eigenvalue weighted by Gasteiger charge is 2.36. The van der Waals surface area contributed by atoms with Gasteiger partial charge in [-0.2, -0.15) is 0 Å². The molecule has 1 amide bonds. The zero-order valence-corrected chi connectivity index (χ0v) is 15.3. The average Bonchev–Trinajstić information content (AvgIpc) is 2.56. The third kappa shape index (κ3) is 5.75. The van der Waals surface area contributed by atoms with Gasteiger partial charge >= 0.3 is 0 Å². The van der Waals surface area contributed by atoms with E-state index < -0.39 is 0 Å². The Balaban J connectivity index is 1.66. The van der Waals surface area contributed by atoms with Crippen LogP contribution in [0.4, 0.5) is 0 Å².